The van der Waals surface area contributed by atoms with E-state index in [1.165, 1.54) is 5.56 Å². The first-order valence-corrected chi connectivity index (χ1v) is 6.30. The van der Waals surface area contributed by atoms with E-state index in [4.69, 9.17) is 9.47 Å². The van der Waals surface area contributed by atoms with E-state index in [1.54, 1.807) is 6.92 Å². The summed E-state index contributed by atoms with van der Waals surface area (Å²) in [6.45, 7) is 2.00. The second kappa shape index (κ2) is 5.87. The Kier molecular flexibility index (Phi) is 4.20. The van der Waals surface area contributed by atoms with Gasteiger partial charge in [-0.2, -0.15) is 0 Å². The van der Waals surface area contributed by atoms with E-state index >= 15 is 0 Å². The molecule has 4 heteroatoms. The van der Waals surface area contributed by atoms with Gasteiger partial charge in [0.25, 0.3) is 0 Å². The van der Waals surface area contributed by atoms with Gasteiger partial charge in [-0.15, -0.1) is 0 Å². The van der Waals surface area contributed by atoms with E-state index in [-0.39, 0.29) is 19.1 Å². The first kappa shape index (κ1) is 12.9. The quantitative estimate of drug-likeness (QED) is 0.826. The summed E-state index contributed by atoms with van der Waals surface area (Å²) in [5, 5.41) is 9.69. The standard InChI is InChI=1S/C14H18O4/c1-2-17-14(16)12(15)9-11-8-7-10-5-3-4-6-13(10)18-11/h3-6,11-12,15H,2,7-9H2,1H3. The van der Waals surface area contributed by atoms with Crippen LogP contribution in [0.1, 0.15) is 25.3 Å². The first-order valence-electron chi connectivity index (χ1n) is 6.30. The van der Waals surface area contributed by atoms with Gasteiger partial charge in [0, 0.05) is 6.42 Å². The molecule has 1 aromatic rings. The molecule has 1 aliphatic heterocycles. The summed E-state index contributed by atoms with van der Waals surface area (Å²) in [6, 6.07) is 7.85. The molecule has 0 fully saturated rings. The van der Waals surface area contributed by atoms with Gasteiger partial charge in [-0.25, -0.2) is 4.79 Å². The first-order chi connectivity index (χ1) is 8.70. The smallest absolute Gasteiger partial charge is 0.335 e. The molecule has 2 rings (SSSR count). The number of aliphatic hydroxyl groups is 1. The zero-order valence-electron chi connectivity index (χ0n) is 10.5. The van der Waals surface area contributed by atoms with E-state index < -0.39 is 12.1 Å². The maximum atomic E-state index is 11.3. The monoisotopic (exact) mass is 250 g/mol. The van der Waals surface area contributed by atoms with E-state index in [1.807, 2.05) is 24.3 Å². The van der Waals surface area contributed by atoms with Crippen LogP contribution in [0.5, 0.6) is 5.75 Å². The SMILES string of the molecule is CCOC(=O)C(O)CC1CCc2ccccc2O1. The highest BCUT2D eigenvalue weighted by atomic mass is 16.5. The van der Waals surface area contributed by atoms with Crippen LogP contribution in [-0.4, -0.2) is 29.9 Å². The third-order valence-electron chi connectivity index (χ3n) is 3.05. The Labute approximate surface area is 107 Å². The average molecular weight is 250 g/mol. The Morgan fingerprint density at radius 3 is 3.11 bits per heavy atom. The molecular formula is C14H18O4. The highest BCUT2D eigenvalue weighted by Crippen LogP contribution is 2.28. The lowest BCUT2D eigenvalue weighted by Gasteiger charge is -2.27. The van der Waals surface area contributed by atoms with Gasteiger partial charge >= 0.3 is 5.97 Å². The third-order valence-corrected chi connectivity index (χ3v) is 3.05. The number of para-hydroxylation sites is 1. The van der Waals surface area contributed by atoms with Crippen LogP contribution < -0.4 is 4.74 Å². The van der Waals surface area contributed by atoms with Gasteiger partial charge in [0.1, 0.15) is 11.9 Å². The number of carbonyl (C=O) groups excluding carboxylic acids is 1. The molecule has 1 aromatic carbocycles. The van der Waals surface area contributed by atoms with Crippen molar-refractivity contribution in [3.63, 3.8) is 0 Å². The zero-order valence-corrected chi connectivity index (χ0v) is 10.5. The van der Waals surface area contributed by atoms with Gasteiger partial charge < -0.3 is 14.6 Å². The summed E-state index contributed by atoms with van der Waals surface area (Å²) in [7, 11) is 0. The molecule has 2 atom stereocenters. The van der Waals surface area contributed by atoms with Crippen molar-refractivity contribution < 1.29 is 19.4 Å². The van der Waals surface area contributed by atoms with E-state index in [2.05, 4.69) is 0 Å². The average Bonchev–Trinajstić information content (AvgIpc) is 2.39. The van der Waals surface area contributed by atoms with Crippen LogP contribution in [0.3, 0.4) is 0 Å². The Hall–Kier alpha value is -1.55. The number of esters is 1. The molecule has 0 bridgehead atoms. The van der Waals surface area contributed by atoms with E-state index in [0.29, 0.717) is 0 Å². The lowest BCUT2D eigenvalue weighted by atomic mass is 9.99. The predicted molar refractivity (Wildman–Crippen MR) is 66.4 cm³/mol. The summed E-state index contributed by atoms with van der Waals surface area (Å²) in [5.41, 5.74) is 1.18. The summed E-state index contributed by atoms with van der Waals surface area (Å²) >= 11 is 0. The molecule has 1 N–H and O–H groups in total. The number of rotatable bonds is 4. The van der Waals surface area contributed by atoms with Gasteiger partial charge in [0.2, 0.25) is 0 Å². The van der Waals surface area contributed by atoms with Crippen molar-refractivity contribution in [1.29, 1.82) is 0 Å². The highest BCUT2D eigenvalue weighted by molar-refractivity contribution is 5.74. The fourth-order valence-electron chi connectivity index (χ4n) is 2.13. The van der Waals surface area contributed by atoms with Gasteiger partial charge in [0.05, 0.1) is 6.61 Å². The molecule has 0 amide bonds. The van der Waals surface area contributed by atoms with Crippen molar-refractivity contribution in [3.8, 4) is 5.75 Å². The molecule has 0 saturated carbocycles. The Morgan fingerprint density at radius 1 is 1.56 bits per heavy atom. The molecule has 0 spiro atoms. The summed E-state index contributed by atoms with van der Waals surface area (Å²) < 4.78 is 10.5. The van der Waals surface area contributed by atoms with Crippen LogP contribution >= 0.6 is 0 Å². The molecule has 98 valence electrons. The van der Waals surface area contributed by atoms with Crippen molar-refractivity contribution in [1.82, 2.24) is 0 Å². The van der Waals surface area contributed by atoms with Gasteiger partial charge in [0.15, 0.2) is 6.10 Å². The lowest BCUT2D eigenvalue weighted by Crippen LogP contribution is -2.32. The van der Waals surface area contributed by atoms with Crippen molar-refractivity contribution in [2.24, 2.45) is 0 Å². The molecule has 1 aliphatic rings. The molecular weight excluding hydrogens is 232 g/mol. The van der Waals surface area contributed by atoms with Crippen LogP contribution in [0.4, 0.5) is 0 Å². The number of hydrogen-bond donors (Lipinski definition) is 1. The number of benzene rings is 1. The molecule has 0 aliphatic carbocycles. The maximum absolute atomic E-state index is 11.3. The number of aliphatic hydroxyl groups excluding tert-OH is 1. The Bertz CT molecular complexity index is 416. The van der Waals surface area contributed by atoms with Gasteiger partial charge in [-0.3, -0.25) is 0 Å². The van der Waals surface area contributed by atoms with Gasteiger partial charge in [-0.05, 0) is 31.4 Å². The molecule has 18 heavy (non-hydrogen) atoms. The highest BCUT2D eigenvalue weighted by Gasteiger charge is 2.26. The molecule has 1 heterocycles. The van der Waals surface area contributed by atoms with Crippen LogP contribution in [0, 0.1) is 0 Å². The number of carbonyl (C=O) groups is 1. The summed E-state index contributed by atoms with van der Waals surface area (Å²) in [4.78, 5) is 11.3. The fraction of sp³-hybridized carbons (Fsp3) is 0.500. The van der Waals surface area contributed by atoms with Crippen molar-refractivity contribution in [3.05, 3.63) is 29.8 Å². The van der Waals surface area contributed by atoms with Crippen LogP contribution in [-0.2, 0) is 16.0 Å². The van der Waals surface area contributed by atoms with Crippen molar-refractivity contribution in [2.45, 2.75) is 38.4 Å². The topological polar surface area (TPSA) is 55.8 Å². The normalized spacial score (nSPS) is 19.6. The van der Waals surface area contributed by atoms with Crippen molar-refractivity contribution >= 4 is 5.97 Å². The predicted octanol–water partition coefficient (Wildman–Crippen LogP) is 1.69. The Morgan fingerprint density at radius 2 is 2.33 bits per heavy atom. The Balaban J connectivity index is 1.91. The van der Waals surface area contributed by atoms with E-state index in [0.717, 1.165) is 18.6 Å². The third kappa shape index (κ3) is 3.01. The molecule has 2 unspecified atom stereocenters. The molecule has 4 nitrogen and oxygen atoms in total. The minimum atomic E-state index is -1.10. The van der Waals surface area contributed by atoms with Crippen LogP contribution in [0.25, 0.3) is 0 Å². The minimum Gasteiger partial charge on any atom is -0.490 e. The molecule has 0 saturated heterocycles. The minimum absolute atomic E-state index is 0.126. The lowest BCUT2D eigenvalue weighted by molar-refractivity contribution is -0.154. The number of hydrogen-bond acceptors (Lipinski definition) is 4. The summed E-state index contributed by atoms with van der Waals surface area (Å²) in [5.74, 6) is 0.282. The maximum Gasteiger partial charge on any atom is 0.335 e. The van der Waals surface area contributed by atoms with Crippen LogP contribution in [0.2, 0.25) is 0 Å². The molecule has 0 aromatic heterocycles. The van der Waals surface area contributed by atoms with Crippen molar-refractivity contribution in [2.75, 3.05) is 6.61 Å². The second-order valence-electron chi connectivity index (χ2n) is 4.39. The number of fused-ring (bicyclic) bond motifs is 1. The number of ether oxygens (including phenoxy) is 2. The largest absolute Gasteiger partial charge is 0.490 e. The summed E-state index contributed by atoms with van der Waals surface area (Å²) in [6.07, 6.45) is 0.788. The second-order valence-corrected chi connectivity index (χ2v) is 4.39. The zero-order chi connectivity index (χ0) is 13.0. The van der Waals surface area contributed by atoms with Gasteiger partial charge in [-0.1, -0.05) is 18.2 Å². The van der Waals surface area contributed by atoms with Crippen LogP contribution in [0.15, 0.2) is 24.3 Å². The molecule has 0 radical (unpaired) electrons. The number of aryl methyl sites for hydroxylation is 1. The van der Waals surface area contributed by atoms with E-state index in [9.17, 15) is 9.90 Å². The fourth-order valence-corrected chi connectivity index (χ4v) is 2.13.